The van der Waals surface area contributed by atoms with Crippen molar-refractivity contribution in [3.63, 3.8) is 0 Å². The first kappa shape index (κ1) is 11.7. The molecule has 1 aliphatic rings. The summed E-state index contributed by atoms with van der Waals surface area (Å²) in [6.07, 6.45) is 1.02. The van der Waals surface area contributed by atoms with Crippen LogP contribution in [0.2, 0.25) is 0 Å². The Balaban J connectivity index is 1.87. The van der Waals surface area contributed by atoms with E-state index in [1.807, 2.05) is 18.2 Å². The van der Waals surface area contributed by atoms with Crippen molar-refractivity contribution in [3.8, 4) is 0 Å². The van der Waals surface area contributed by atoms with Crippen LogP contribution in [0.1, 0.15) is 22.9 Å². The molecule has 100 valence electrons. The quantitative estimate of drug-likeness (QED) is 0.692. The van der Waals surface area contributed by atoms with E-state index in [1.165, 1.54) is 34.3 Å². The smallest absolute Gasteiger partial charge is 0.123 e. The Kier molecular flexibility index (Phi) is 2.60. The van der Waals surface area contributed by atoms with Gasteiger partial charge in [0.25, 0.3) is 0 Å². The summed E-state index contributed by atoms with van der Waals surface area (Å²) >= 11 is 0. The predicted octanol–water partition coefficient (Wildman–Crippen LogP) is 3.54. The highest BCUT2D eigenvalue weighted by Gasteiger charge is 2.24. The van der Waals surface area contributed by atoms with E-state index in [0.29, 0.717) is 0 Å². The van der Waals surface area contributed by atoms with Crippen LogP contribution in [0.25, 0.3) is 10.9 Å². The second-order valence-corrected chi connectivity index (χ2v) is 5.25. The first-order chi connectivity index (χ1) is 9.83. The fraction of sp³-hybridized carbons (Fsp3) is 0.176. The van der Waals surface area contributed by atoms with Crippen molar-refractivity contribution >= 4 is 10.9 Å². The molecule has 2 aromatic carbocycles. The van der Waals surface area contributed by atoms with Gasteiger partial charge in [0.15, 0.2) is 0 Å². The van der Waals surface area contributed by atoms with Crippen LogP contribution in [0, 0.1) is 5.82 Å². The van der Waals surface area contributed by atoms with E-state index in [-0.39, 0.29) is 11.9 Å². The molecule has 0 aliphatic carbocycles. The molecule has 1 atom stereocenters. The van der Waals surface area contributed by atoms with E-state index in [0.717, 1.165) is 18.5 Å². The molecule has 0 spiro atoms. The van der Waals surface area contributed by atoms with Crippen LogP contribution in [0.15, 0.2) is 48.5 Å². The molecule has 0 fully saturated rings. The molecule has 1 aliphatic heterocycles. The summed E-state index contributed by atoms with van der Waals surface area (Å²) < 4.78 is 13.1. The Labute approximate surface area is 116 Å². The number of rotatable bonds is 1. The second kappa shape index (κ2) is 4.46. The molecule has 0 amide bonds. The van der Waals surface area contributed by atoms with Crippen LogP contribution >= 0.6 is 0 Å². The van der Waals surface area contributed by atoms with Gasteiger partial charge in [-0.05, 0) is 35.7 Å². The summed E-state index contributed by atoms with van der Waals surface area (Å²) in [4.78, 5) is 3.52. The molecule has 0 bridgehead atoms. The molecule has 3 aromatic rings. The summed E-state index contributed by atoms with van der Waals surface area (Å²) in [6.45, 7) is 0.941. The van der Waals surface area contributed by atoms with Gasteiger partial charge in [-0.25, -0.2) is 4.39 Å². The minimum Gasteiger partial charge on any atom is -0.357 e. The number of hydrogen-bond acceptors (Lipinski definition) is 1. The Morgan fingerprint density at radius 2 is 1.80 bits per heavy atom. The van der Waals surface area contributed by atoms with E-state index in [2.05, 4.69) is 28.5 Å². The topological polar surface area (TPSA) is 27.8 Å². The van der Waals surface area contributed by atoms with Crippen LogP contribution in [0.5, 0.6) is 0 Å². The number of nitrogens with one attached hydrogen (secondary N) is 2. The molecule has 3 heteroatoms. The molecular formula is C17H15FN2. The normalized spacial score (nSPS) is 18.1. The van der Waals surface area contributed by atoms with Gasteiger partial charge in [0.2, 0.25) is 0 Å². The zero-order chi connectivity index (χ0) is 13.5. The number of aromatic amines is 1. The van der Waals surface area contributed by atoms with Crippen LogP contribution in [-0.2, 0) is 6.42 Å². The highest BCUT2D eigenvalue weighted by molar-refractivity contribution is 5.85. The number of hydrogen-bond donors (Lipinski definition) is 2. The molecule has 0 saturated heterocycles. The minimum atomic E-state index is -0.193. The van der Waals surface area contributed by atoms with Crippen LogP contribution in [0.3, 0.4) is 0 Å². The average molecular weight is 266 g/mol. The number of benzene rings is 2. The highest BCUT2D eigenvalue weighted by Crippen LogP contribution is 2.33. The largest absolute Gasteiger partial charge is 0.357 e. The molecular weight excluding hydrogens is 251 g/mol. The minimum absolute atomic E-state index is 0.117. The zero-order valence-electron chi connectivity index (χ0n) is 11.0. The van der Waals surface area contributed by atoms with Gasteiger partial charge < -0.3 is 10.3 Å². The number of para-hydroxylation sites is 1. The Hall–Kier alpha value is -2.13. The lowest BCUT2D eigenvalue weighted by Gasteiger charge is -2.24. The Morgan fingerprint density at radius 1 is 1.00 bits per heavy atom. The fourth-order valence-corrected chi connectivity index (χ4v) is 3.12. The van der Waals surface area contributed by atoms with Crippen LogP contribution in [0.4, 0.5) is 4.39 Å². The van der Waals surface area contributed by atoms with Gasteiger partial charge in [0.1, 0.15) is 5.82 Å². The van der Waals surface area contributed by atoms with Crippen LogP contribution < -0.4 is 5.32 Å². The monoisotopic (exact) mass is 266 g/mol. The molecule has 0 radical (unpaired) electrons. The molecule has 1 unspecified atom stereocenters. The summed E-state index contributed by atoms with van der Waals surface area (Å²) in [5, 5.41) is 4.82. The number of fused-ring (bicyclic) bond motifs is 3. The molecule has 1 aromatic heterocycles. The molecule has 20 heavy (non-hydrogen) atoms. The number of H-pyrrole nitrogens is 1. The van der Waals surface area contributed by atoms with Crippen molar-refractivity contribution in [2.24, 2.45) is 0 Å². The second-order valence-electron chi connectivity index (χ2n) is 5.25. The average Bonchev–Trinajstić information content (AvgIpc) is 2.87. The van der Waals surface area contributed by atoms with Crippen molar-refractivity contribution in [2.45, 2.75) is 12.5 Å². The van der Waals surface area contributed by atoms with Crippen molar-refractivity contribution in [1.29, 1.82) is 0 Å². The zero-order valence-corrected chi connectivity index (χ0v) is 11.0. The third-order valence-corrected chi connectivity index (χ3v) is 4.06. The van der Waals surface area contributed by atoms with Gasteiger partial charge in [-0.15, -0.1) is 0 Å². The van der Waals surface area contributed by atoms with E-state index in [9.17, 15) is 4.39 Å². The van der Waals surface area contributed by atoms with Gasteiger partial charge in [-0.1, -0.05) is 30.3 Å². The first-order valence-electron chi connectivity index (χ1n) is 6.91. The lowest BCUT2D eigenvalue weighted by atomic mass is 9.94. The SMILES string of the molecule is Fc1ccc(C2NCCc3c2[nH]c2ccccc32)cc1. The molecule has 2 heterocycles. The predicted molar refractivity (Wildman–Crippen MR) is 78.2 cm³/mol. The molecule has 4 rings (SSSR count). The van der Waals surface area contributed by atoms with E-state index in [1.54, 1.807) is 0 Å². The number of halogens is 1. The van der Waals surface area contributed by atoms with E-state index < -0.39 is 0 Å². The van der Waals surface area contributed by atoms with Crippen molar-refractivity contribution in [1.82, 2.24) is 10.3 Å². The third kappa shape index (κ3) is 1.74. The highest BCUT2D eigenvalue weighted by atomic mass is 19.1. The van der Waals surface area contributed by atoms with Crippen LogP contribution in [-0.4, -0.2) is 11.5 Å². The molecule has 0 saturated carbocycles. The van der Waals surface area contributed by atoms with E-state index >= 15 is 0 Å². The Morgan fingerprint density at radius 3 is 2.65 bits per heavy atom. The molecule has 2 N–H and O–H groups in total. The van der Waals surface area contributed by atoms with Gasteiger partial charge in [0, 0.05) is 23.1 Å². The van der Waals surface area contributed by atoms with Gasteiger partial charge in [-0.3, -0.25) is 0 Å². The summed E-state index contributed by atoms with van der Waals surface area (Å²) in [5.41, 5.74) is 4.87. The summed E-state index contributed by atoms with van der Waals surface area (Å²) in [7, 11) is 0. The van der Waals surface area contributed by atoms with Crippen molar-refractivity contribution < 1.29 is 4.39 Å². The van der Waals surface area contributed by atoms with Crippen molar-refractivity contribution in [2.75, 3.05) is 6.54 Å². The number of aromatic nitrogens is 1. The first-order valence-corrected chi connectivity index (χ1v) is 6.91. The van der Waals surface area contributed by atoms with Gasteiger partial charge in [0.05, 0.1) is 6.04 Å². The lowest BCUT2D eigenvalue weighted by Crippen LogP contribution is -2.30. The summed E-state index contributed by atoms with van der Waals surface area (Å²) in [6, 6.07) is 15.3. The summed E-state index contributed by atoms with van der Waals surface area (Å²) in [5.74, 6) is -0.193. The Bertz CT molecular complexity index is 758. The van der Waals surface area contributed by atoms with Gasteiger partial charge >= 0.3 is 0 Å². The lowest BCUT2D eigenvalue weighted by molar-refractivity contribution is 0.558. The van der Waals surface area contributed by atoms with E-state index in [4.69, 9.17) is 0 Å². The maximum Gasteiger partial charge on any atom is 0.123 e. The maximum absolute atomic E-state index is 13.1. The fourth-order valence-electron chi connectivity index (χ4n) is 3.12. The van der Waals surface area contributed by atoms with Crippen molar-refractivity contribution in [3.05, 3.63) is 71.2 Å². The third-order valence-electron chi connectivity index (χ3n) is 4.06. The maximum atomic E-state index is 13.1. The molecule has 2 nitrogen and oxygen atoms in total. The van der Waals surface area contributed by atoms with Gasteiger partial charge in [-0.2, -0.15) is 0 Å². The standard InChI is InChI=1S/C17H15FN2/c18-12-7-5-11(6-8-12)16-17-14(9-10-19-16)13-3-1-2-4-15(13)20-17/h1-8,16,19-20H,9-10H2.